The summed E-state index contributed by atoms with van der Waals surface area (Å²) in [6, 6.07) is 0. The van der Waals surface area contributed by atoms with Crippen molar-refractivity contribution in [3.8, 4) is 11.5 Å². The highest BCUT2D eigenvalue weighted by Gasteiger charge is 2.17. The van der Waals surface area contributed by atoms with E-state index in [1.807, 2.05) is 0 Å². The Hall–Kier alpha value is -2.12. The zero-order chi connectivity index (χ0) is 10.8. The number of alkyl halides is 2. The molecule has 2 aromatic heterocycles. The lowest BCUT2D eigenvalue weighted by molar-refractivity contribution is 0.116. The van der Waals surface area contributed by atoms with Crippen LogP contribution >= 0.6 is 0 Å². The first kappa shape index (κ1) is 9.44. The van der Waals surface area contributed by atoms with Gasteiger partial charge in [0.05, 0.1) is 5.56 Å². The fraction of sp³-hybridized carbons (Fsp3) is 0.143. The number of nitrogens with zero attached hydrogens (tertiary/aromatic N) is 4. The van der Waals surface area contributed by atoms with Gasteiger partial charge in [-0.3, -0.25) is 0 Å². The van der Waals surface area contributed by atoms with Crippen LogP contribution in [0, 0.1) is 0 Å². The lowest BCUT2D eigenvalue weighted by Gasteiger charge is -1.93. The van der Waals surface area contributed by atoms with E-state index in [1.165, 1.54) is 12.4 Å². The molecule has 0 aromatic carbocycles. The number of hydrogen-bond acceptors (Lipinski definition) is 6. The van der Waals surface area contributed by atoms with Gasteiger partial charge in [-0.1, -0.05) is 0 Å². The summed E-state index contributed by atoms with van der Waals surface area (Å²) in [7, 11) is 0. The minimum Gasteiger partial charge on any atom is -0.415 e. The topological polar surface area (TPSA) is 90.7 Å². The van der Waals surface area contributed by atoms with Gasteiger partial charge in [-0.25, -0.2) is 9.97 Å². The second-order valence-electron chi connectivity index (χ2n) is 2.58. The molecule has 0 unspecified atom stereocenters. The standard InChI is InChI=1S/C7H5F2N5O/c8-4(9)6-14-13-5(15-6)3-1-11-7(10)12-2-3/h1-2,4H,(H2,10,11,12). The number of halogens is 2. The Kier molecular flexibility index (Phi) is 2.24. The van der Waals surface area contributed by atoms with Gasteiger partial charge in [0.2, 0.25) is 5.95 Å². The highest BCUT2D eigenvalue weighted by atomic mass is 19.3. The van der Waals surface area contributed by atoms with Crippen molar-refractivity contribution < 1.29 is 13.2 Å². The van der Waals surface area contributed by atoms with Gasteiger partial charge in [0.1, 0.15) is 0 Å². The average molecular weight is 213 g/mol. The van der Waals surface area contributed by atoms with Crippen molar-refractivity contribution in [2.75, 3.05) is 5.73 Å². The van der Waals surface area contributed by atoms with E-state index in [2.05, 4.69) is 24.6 Å². The molecule has 2 rings (SSSR count). The zero-order valence-electron chi connectivity index (χ0n) is 7.26. The molecule has 0 aliphatic heterocycles. The Labute approximate surface area is 82.2 Å². The maximum absolute atomic E-state index is 12.1. The summed E-state index contributed by atoms with van der Waals surface area (Å²) in [5.74, 6) is -0.723. The monoisotopic (exact) mass is 213 g/mol. The molecule has 78 valence electrons. The first-order valence-electron chi connectivity index (χ1n) is 3.86. The van der Waals surface area contributed by atoms with E-state index in [4.69, 9.17) is 5.73 Å². The summed E-state index contributed by atoms with van der Waals surface area (Å²) in [6.45, 7) is 0. The van der Waals surface area contributed by atoms with Gasteiger partial charge in [0, 0.05) is 12.4 Å². The molecule has 6 nitrogen and oxygen atoms in total. The van der Waals surface area contributed by atoms with Gasteiger partial charge >= 0.3 is 6.43 Å². The molecule has 2 N–H and O–H groups in total. The molecule has 0 spiro atoms. The largest absolute Gasteiger partial charge is 0.415 e. The van der Waals surface area contributed by atoms with Crippen molar-refractivity contribution in [1.29, 1.82) is 0 Å². The van der Waals surface area contributed by atoms with Crippen LogP contribution < -0.4 is 5.73 Å². The highest BCUT2D eigenvalue weighted by Crippen LogP contribution is 2.21. The molecule has 15 heavy (non-hydrogen) atoms. The van der Waals surface area contributed by atoms with Crippen molar-refractivity contribution >= 4 is 5.95 Å². The molecule has 0 aliphatic carbocycles. The molecule has 0 bridgehead atoms. The average Bonchev–Trinajstić information content (AvgIpc) is 2.68. The van der Waals surface area contributed by atoms with Crippen LogP contribution in [0.3, 0.4) is 0 Å². The third kappa shape index (κ3) is 1.87. The summed E-state index contributed by atoms with van der Waals surface area (Å²) in [4.78, 5) is 7.32. The highest BCUT2D eigenvalue weighted by molar-refractivity contribution is 5.49. The number of aromatic nitrogens is 4. The van der Waals surface area contributed by atoms with E-state index < -0.39 is 12.3 Å². The Balaban J connectivity index is 2.33. The van der Waals surface area contributed by atoms with Crippen molar-refractivity contribution in [2.24, 2.45) is 0 Å². The molecule has 0 aliphatic rings. The lowest BCUT2D eigenvalue weighted by atomic mass is 10.3. The van der Waals surface area contributed by atoms with Crippen molar-refractivity contribution in [2.45, 2.75) is 6.43 Å². The molecular formula is C7H5F2N5O. The molecule has 0 radical (unpaired) electrons. The summed E-state index contributed by atoms with van der Waals surface area (Å²) >= 11 is 0. The lowest BCUT2D eigenvalue weighted by Crippen LogP contribution is -1.93. The van der Waals surface area contributed by atoms with Gasteiger partial charge in [0.15, 0.2) is 0 Å². The summed E-state index contributed by atoms with van der Waals surface area (Å²) in [5.41, 5.74) is 5.59. The number of nitrogens with two attached hydrogens (primary N) is 1. The molecule has 0 saturated heterocycles. The number of anilines is 1. The molecular weight excluding hydrogens is 208 g/mol. The van der Waals surface area contributed by atoms with Gasteiger partial charge in [-0.05, 0) is 0 Å². The SMILES string of the molecule is Nc1ncc(-c2nnc(C(F)F)o2)cn1. The quantitative estimate of drug-likeness (QED) is 0.801. The summed E-state index contributed by atoms with van der Waals surface area (Å²) in [6.07, 6.45) is -0.170. The molecule has 0 fully saturated rings. The van der Waals surface area contributed by atoms with Crippen LogP contribution in [0.5, 0.6) is 0 Å². The molecule has 2 aromatic rings. The van der Waals surface area contributed by atoms with E-state index in [1.54, 1.807) is 0 Å². The second kappa shape index (κ2) is 3.56. The summed E-state index contributed by atoms with van der Waals surface area (Å²) < 4.78 is 28.9. The maximum atomic E-state index is 12.1. The Morgan fingerprint density at radius 2 is 1.87 bits per heavy atom. The molecule has 0 amide bonds. The second-order valence-corrected chi connectivity index (χ2v) is 2.58. The minimum atomic E-state index is -2.79. The van der Waals surface area contributed by atoms with E-state index in [0.29, 0.717) is 5.56 Å². The Bertz CT molecular complexity index is 455. The number of rotatable bonds is 2. The van der Waals surface area contributed by atoms with E-state index in [9.17, 15) is 8.78 Å². The fourth-order valence-corrected chi connectivity index (χ4v) is 0.888. The normalized spacial score (nSPS) is 10.9. The first-order valence-corrected chi connectivity index (χ1v) is 3.86. The Morgan fingerprint density at radius 3 is 2.40 bits per heavy atom. The van der Waals surface area contributed by atoms with Crippen LogP contribution in [0.15, 0.2) is 16.8 Å². The predicted molar refractivity (Wildman–Crippen MR) is 44.7 cm³/mol. The predicted octanol–water partition coefficient (Wildman–Crippen LogP) is 1.05. The van der Waals surface area contributed by atoms with Crippen molar-refractivity contribution in [1.82, 2.24) is 20.2 Å². The van der Waals surface area contributed by atoms with Gasteiger partial charge in [0.25, 0.3) is 11.8 Å². The van der Waals surface area contributed by atoms with Crippen LogP contribution in [-0.2, 0) is 0 Å². The molecule has 0 atom stereocenters. The van der Waals surface area contributed by atoms with Crippen LogP contribution in [0.1, 0.15) is 12.3 Å². The summed E-state index contributed by atoms with van der Waals surface area (Å²) in [5, 5.41) is 6.58. The number of hydrogen-bond donors (Lipinski definition) is 1. The van der Waals surface area contributed by atoms with Gasteiger partial charge < -0.3 is 10.2 Å². The van der Waals surface area contributed by atoms with E-state index in [0.717, 1.165) is 0 Å². The van der Waals surface area contributed by atoms with Crippen molar-refractivity contribution in [3.05, 3.63) is 18.3 Å². The van der Waals surface area contributed by atoms with Crippen LogP contribution in [-0.4, -0.2) is 20.2 Å². The smallest absolute Gasteiger partial charge is 0.314 e. The van der Waals surface area contributed by atoms with Crippen LogP contribution in [0.2, 0.25) is 0 Å². The molecule has 2 heterocycles. The number of nitrogen functional groups attached to an aromatic ring is 1. The fourth-order valence-electron chi connectivity index (χ4n) is 0.888. The maximum Gasteiger partial charge on any atom is 0.314 e. The van der Waals surface area contributed by atoms with Crippen molar-refractivity contribution in [3.63, 3.8) is 0 Å². The molecule has 0 saturated carbocycles. The van der Waals surface area contributed by atoms with Crippen LogP contribution in [0.4, 0.5) is 14.7 Å². The zero-order valence-corrected chi connectivity index (χ0v) is 7.26. The minimum absolute atomic E-state index is 0.0645. The third-order valence-electron chi connectivity index (χ3n) is 1.55. The van der Waals surface area contributed by atoms with Gasteiger partial charge in [-0.2, -0.15) is 8.78 Å². The Morgan fingerprint density at radius 1 is 1.20 bits per heavy atom. The van der Waals surface area contributed by atoms with Crippen LogP contribution in [0.25, 0.3) is 11.5 Å². The molecule has 8 heteroatoms. The first-order chi connectivity index (χ1) is 7.16. The third-order valence-corrected chi connectivity index (χ3v) is 1.55. The van der Waals surface area contributed by atoms with E-state index >= 15 is 0 Å². The van der Waals surface area contributed by atoms with Gasteiger partial charge in [-0.15, -0.1) is 10.2 Å². The van der Waals surface area contributed by atoms with E-state index in [-0.39, 0.29) is 11.8 Å².